The first-order chi connectivity index (χ1) is 16.6. The molecule has 0 saturated carbocycles. The quantitative estimate of drug-likeness (QED) is 0.331. The predicted molar refractivity (Wildman–Crippen MR) is 127 cm³/mol. The number of hydrogen-bond acceptors (Lipinski definition) is 6. The molecule has 1 aliphatic heterocycles. The van der Waals surface area contributed by atoms with Crippen molar-refractivity contribution in [3.8, 4) is 17.1 Å². The molecule has 11 heteroatoms. The third-order valence-electron chi connectivity index (χ3n) is 5.74. The first kappa shape index (κ1) is 25.2. The summed E-state index contributed by atoms with van der Waals surface area (Å²) in [7, 11) is 0. The number of rotatable bonds is 8. The summed E-state index contributed by atoms with van der Waals surface area (Å²) in [5.74, 6) is 0.471. The molecular weight excluding hydrogens is 504 g/mol. The van der Waals surface area contributed by atoms with Crippen molar-refractivity contribution in [1.82, 2.24) is 15.0 Å². The van der Waals surface area contributed by atoms with Crippen LogP contribution in [0.3, 0.4) is 0 Å². The smallest absolute Gasteiger partial charge is 0.419 e. The number of benzene rings is 2. The van der Waals surface area contributed by atoms with Crippen molar-refractivity contribution < 1.29 is 22.4 Å². The molecule has 4 rings (SSSR count). The lowest BCUT2D eigenvalue weighted by molar-refractivity contribution is -0.138. The number of aryl methyl sites for hydroxylation is 1. The lowest BCUT2D eigenvalue weighted by Crippen LogP contribution is -2.26. The third-order valence-corrected chi connectivity index (χ3v) is 6.48. The SMILES string of the molecule is C=C(N)N1CCC[C@H]1c1nc(-c2ccc(OCCCc3ccc(Cl)c(Cl)c3)c(C(F)(F)F)c2)no1. The zero-order chi connectivity index (χ0) is 25.2. The van der Waals surface area contributed by atoms with Crippen LogP contribution in [0.1, 0.15) is 42.3 Å². The van der Waals surface area contributed by atoms with Gasteiger partial charge in [0.25, 0.3) is 0 Å². The van der Waals surface area contributed by atoms with Gasteiger partial charge < -0.3 is 19.9 Å². The number of nitrogens with zero attached hydrogens (tertiary/aromatic N) is 3. The van der Waals surface area contributed by atoms with E-state index in [2.05, 4.69) is 16.7 Å². The van der Waals surface area contributed by atoms with Crippen molar-refractivity contribution in [1.29, 1.82) is 0 Å². The monoisotopic (exact) mass is 526 g/mol. The van der Waals surface area contributed by atoms with Crippen molar-refractivity contribution in [3.05, 3.63) is 75.9 Å². The molecule has 0 amide bonds. The Morgan fingerprint density at radius 3 is 2.71 bits per heavy atom. The molecule has 1 fully saturated rings. The number of hydrogen-bond donors (Lipinski definition) is 1. The van der Waals surface area contributed by atoms with E-state index in [1.54, 1.807) is 12.1 Å². The van der Waals surface area contributed by atoms with Gasteiger partial charge in [0, 0.05) is 12.1 Å². The van der Waals surface area contributed by atoms with Gasteiger partial charge in [-0.1, -0.05) is 41.0 Å². The van der Waals surface area contributed by atoms with Crippen LogP contribution in [-0.2, 0) is 12.6 Å². The van der Waals surface area contributed by atoms with Crippen LogP contribution in [-0.4, -0.2) is 28.2 Å². The van der Waals surface area contributed by atoms with Crippen LogP contribution in [0.5, 0.6) is 5.75 Å². The van der Waals surface area contributed by atoms with E-state index < -0.39 is 11.7 Å². The molecule has 1 aromatic heterocycles. The molecule has 3 aromatic rings. The summed E-state index contributed by atoms with van der Waals surface area (Å²) in [4.78, 5) is 6.17. The maximum atomic E-state index is 13.8. The zero-order valence-corrected chi connectivity index (χ0v) is 20.1. The average Bonchev–Trinajstić information content (AvgIpc) is 3.48. The van der Waals surface area contributed by atoms with Gasteiger partial charge in [-0.15, -0.1) is 0 Å². The van der Waals surface area contributed by atoms with E-state index in [0.717, 1.165) is 24.5 Å². The van der Waals surface area contributed by atoms with Crippen LogP contribution in [0.2, 0.25) is 10.0 Å². The number of likely N-dealkylation sites (tertiary alicyclic amines) is 1. The van der Waals surface area contributed by atoms with Gasteiger partial charge in [-0.25, -0.2) is 0 Å². The highest BCUT2D eigenvalue weighted by atomic mass is 35.5. The van der Waals surface area contributed by atoms with Gasteiger partial charge in [0.2, 0.25) is 11.7 Å². The molecule has 0 spiro atoms. The minimum absolute atomic E-state index is 0.0613. The summed E-state index contributed by atoms with van der Waals surface area (Å²) in [5, 5.41) is 4.76. The molecule has 1 aliphatic rings. The second-order valence-corrected chi connectivity index (χ2v) is 9.02. The molecule has 0 aliphatic carbocycles. The van der Waals surface area contributed by atoms with Crippen LogP contribution in [0.4, 0.5) is 13.2 Å². The Morgan fingerprint density at radius 2 is 2.00 bits per heavy atom. The number of ether oxygens (including phenoxy) is 1. The Labute approximate surface area is 210 Å². The maximum Gasteiger partial charge on any atom is 0.419 e. The van der Waals surface area contributed by atoms with Gasteiger partial charge >= 0.3 is 6.18 Å². The lowest BCUT2D eigenvalue weighted by Gasteiger charge is -2.22. The highest BCUT2D eigenvalue weighted by molar-refractivity contribution is 6.42. The largest absolute Gasteiger partial charge is 0.493 e. The summed E-state index contributed by atoms with van der Waals surface area (Å²) in [6.07, 6.45) is -1.94. The Kier molecular flexibility index (Phi) is 7.47. The van der Waals surface area contributed by atoms with Crippen LogP contribution < -0.4 is 10.5 Å². The molecule has 186 valence electrons. The van der Waals surface area contributed by atoms with Crippen molar-refractivity contribution in [2.75, 3.05) is 13.2 Å². The second-order valence-electron chi connectivity index (χ2n) is 8.21. The molecule has 1 atom stereocenters. The standard InChI is InChI=1S/C24H23Cl2F3N4O2/c1-14(30)33-10-2-5-20(33)23-31-22(32-35-23)16-7-9-21(17(13-16)24(27,28)29)34-11-3-4-15-6-8-18(25)19(26)12-15/h6-9,12-13,20H,1-5,10-11,30H2/t20-/m0/s1. The van der Waals surface area contributed by atoms with Crippen LogP contribution in [0.25, 0.3) is 11.4 Å². The topological polar surface area (TPSA) is 77.4 Å². The van der Waals surface area contributed by atoms with Crippen molar-refractivity contribution in [2.24, 2.45) is 5.73 Å². The fourth-order valence-electron chi connectivity index (χ4n) is 4.03. The summed E-state index contributed by atoms with van der Waals surface area (Å²) >= 11 is 11.9. The van der Waals surface area contributed by atoms with E-state index in [1.165, 1.54) is 12.1 Å². The second kappa shape index (κ2) is 10.4. The summed E-state index contributed by atoms with van der Waals surface area (Å²) in [5.41, 5.74) is 6.00. The number of halogens is 5. The van der Waals surface area contributed by atoms with E-state index >= 15 is 0 Å². The molecule has 2 N–H and O–H groups in total. The van der Waals surface area contributed by atoms with E-state index in [4.69, 9.17) is 38.2 Å². The fourth-order valence-corrected chi connectivity index (χ4v) is 4.35. The molecule has 2 heterocycles. The van der Waals surface area contributed by atoms with Gasteiger partial charge in [0.05, 0.1) is 28.0 Å². The van der Waals surface area contributed by atoms with Crippen LogP contribution >= 0.6 is 23.2 Å². The van der Waals surface area contributed by atoms with Gasteiger partial charge in [-0.3, -0.25) is 0 Å². The first-order valence-electron chi connectivity index (χ1n) is 11.0. The minimum Gasteiger partial charge on any atom is -0.493 e. The Bertz CT molecular complexity index is 1220. The highest BCUT2D eigenvalue weighted by Crippen LogP contribution is 2.39. The van der Waals surface area contributed by atoms with Crippen molar-refractivity contribution in [2.45, 2.75) is 37.9 Å². The van der Waals surface area contributed by atoms with E-state index in [9.17, 15) is 13.2 Å². The van der Waals surface area contributed by atoms with Crippen molar-refractivity contribution >= 4 is 23.2 Å². The van der Waals surface area contributed by atoms with E-state index in [1.807, 2.05) is 11.0 Å². The number of nitrogens with two attached hydrogens (primary N) is 1. The van der Waals surface area contributed by atoms with Gasteiger partial charge in [-0.05, 0) is 61.6 Å². The molecule has 2 aromatic carbocycles. The fraction of sp³-hybridized carbons (Fsp3) is 0.333. The van der Waals surface area contributed by atoms with Gasteiger partial charge in [0.15, 0.2) is 0 Å². The maximum absolute atomic E-state index is 13.8. The normalized spacial score (nSPS) is 16.0. The van der Waals surface area contributed by atoms with Crippen molar-refractivity contribution in [3.63, 3.8) is 0 Å². The summed E-state index contributed by atoms with van der Waals surface area (Å²) in [6.45, 7) is 4.54. The summed E-state index contributed by atoms with van der Waals surface area (Å²) in [6, 6.07) is 8.71. The van der Waals surface area contributed by atoms with E-state index in [0.29, 0.717) is 41.1 Å². The zero-order valence-electron chi connectivity index (χ0n) is 18.6. The highest BCUT2D eigenvalue weighted by Gasteiger charge is 2.36. The lowest BCUT2D eigenvalue weighted by atomic mass is 10.1. The third kappa shape index (κ3) is 5.85. The molecule has 0 bridgehead atoms. The van der Waals surface area contributed by atoms with Crippen LogP contribution in [0, 0.1) is 0 Å². The number of aromatic nitrogens is 2. The van der Waals surface area contributed by atoms with Gasteiger partial charge in [0.1, 0.15) is 11.8 Å². The van der Waals surface area contributed by atoms with E-state index in [-0.39, 0.29) is 29.8 Å². The molecular formula is C24H23Cl2F3N4O2. The molecule has 0 unspecified atom stereocenters. The molecule has 0 radical (unpaired) electrons. The minimum atomic E-state index is -4.62. The Hall–Kier alpha value is -2.91. The Balaban J connectivity index is 1.47. The molecule has 35 heavy (non-hydrogen) atoms. The predicted octanol–water partition coefficient (Wildman–Crippen LogP) is 6.64. The average molecular weight is 527 g/mol. The molecule has 1 saturated heterocycles. The first-order valence-corrected chi connectivity index (χ1v) is 11.7. The summed E-state index contributed by atoms with van der Waals surface area (Å²) < 4.78 is 52.2. The molecule has 6 nitrogen and oxygen atoms in total. The van der Waals surface area contributed by atoms with Crippen LogP contribution in [0.15, 0.2) is 53.3 Å². The Morgan fingerprint density at radius 1 is 1.20 bits per heavy atom. The van der Waals surface area contributed by atoms with Gasteiger partial charge in [-0.2, -0.15) is 18.2 Å². The number of alkyl halides is 3.